The minimum Gasteiger partial charge on any atom is -0.497 e. The maximum Gasteiger partial charge on any atom is 0.315 e. The van der Waals surface area contributed by atoms with Crippen molar-refractivity contribution in [1.29, 1.82) is 0 Å². The van der Waals surface area contributed by atoms with E-state index < -0.39 is 0 Å². The standard InChI is InChI=1S/C24H31N3O3/c1-17(19-6-4-3-5-7-19)26-23(28)20-10-12-21(13-11-20)27-24(29)25-16-18-8-14-22(30-2)15-9-18/h3-9,14-15,17,20-21H,10-13,16H2,1-2H3,(H,26,28)(H2,25,27,29)/t17-,20?,21?/m1/s1. The number of amides is 3. The molecule has 30 heavy (non-hydrogen) atoms. The predicted octanol–water partition coefficient (Wildman–Crippen LogP) is 3.93. The lowest BCUT2D eigenvalue weighted by molar-refractivity contribution is -0.126. The van der Waals surface area contributed by atoms with Crippen LogP contribution in [0.3, 0.4) is 0 Å². The molecule has 0 radical (unpaired) electrons. The molecule has 1 fully saturated rings. The van der Waals surface area contributed by atoms with Gasteiger partial charge in [-0.25, -0.2) is 4.79 Å². The number of benzene rings is 2. The highest BCUT2D eigenvalue weighted by Crippen LogP contribution is 2.25. The monoisotopic (exact) mass is 409 g/mol. The minimum atomic E-state index is -0.170. The topological polar surface area (TPSA) is 79.5 Å². The second kappa shape index (κ2) is 10.7. The first-order valence-electron chi connectivity index (χ1n) is 10.6. The molecular weight excluding hydrogens is 378 g/mol. The zero-order valence-corrected chi connectivity index (χ0v) is 17.7. The molecule has 1 atom stereocenters. The molecular formula is C24H31N3O3. The molecule has 1 saturated carbocycles. The van der Waals surface area contributed by atoms with Gasteiger partial charge in [-0.3, -0.25) is 4.79 Å². The summed E-state index contributed by atoms with van der Waals surface area (Å²) in [6.07, 6.45) is 3.20. The SMILES string of the molecule is COc1ccc(CNC(=O)NC2CCC(C(=O)N[C@H](C)c3ccccc3)CC2)cc1. The molecule has 0 bridgehead atoms. The lowest BCUT2D eigenvalue weighted by Gasteiger charge is -2.29. The second-order valence-electron chi connectivity index (χ2n) is 7.86. The van der Waals surface area contributed by atoms with Crippen LogP contribution < -0.4 is 20.7 Å². The van der Waals surface area contributed by atoms with Gasteiger partial charge in [0.15, 0.2) is 0 Å². The molecule has 0 unspecified atom stereocenters. The van der Waals surface area contributed by atoms with Gasteiger partial charge in [-0.2, -0.15) is 0 Å². The molecule has 1 aliphatic rings. The highest BCUT2D eigenvalue weighted by atomic mass is 16.5. The van der Waals surface area contributed by atoms with Gasteiger partial charge in [0.2, 0.25) is 5.91 Å². The van der Waals surface area contributed by atoms with E-state index in [1.165, 1.54) is 0 Å². The van der Waals surface area contributed by atoms with Crippen molar-refractivity contribution in [2.75, 3.05) is 7.11 Å². The molecule has 0 spiro atoms. The number of nitrogens with one attached hydrogen (secondary N) is 3. The Morgan fingerprint density at radius 3 is 2.30 bits per heavy atom. The Morgan fingerprint density at radius 1 is 1.00 bits per heavy atom. The van der Waals surface area contributed by atoms with Crippen molar-refractivity contribution in [2.45, 2.75) is 51.2 Å². The number of urea groups is 1. The molecule has 6 nitrogen and oxygen atoms in total. The van der Waals surface area contributed by atoms with E-state index in [9.17, 15) is 9.59 Å². The highest BCUT2D eigenvalue weighted by molar-refractivity contribution is 5.79. The van der Waals surface area contributed by atoms with Crippen molar-refractivity contribution in [3.05, 3.63) is 65.7 Å². The number of methoxy groups -OCH3 is 1. The van der Waals surface area contributed by atoms with Crippen LogP contribution in [0.15, 0.2) is 54.6 Å². The molecule has 0 aromatic heterocycles. The number of carbonyl (C=O) groups is 2. The molecule has 0 heterocycles. The highest BCUT2D eigenvalue weighted by Gasteiger charge is 2.27. The van der Waals surface area contributed by atoms with Gasteiger partial charge in [-0.15, -0.1) is 0 Å². The molecule has 1 aliphatic carbocycles. The Balaban J connectivity index is 1.37. The van der Waals surface area contributed by atoms with E-state index >= 15 is 0 Å². The van der Waals surface area contributed by atoms with Crippen LogP contribution in [-0.2, 0) is 11.3 Å². The normalized spacial score (nSPS) is 19.4. The first-order chi connectivity index (χ1) is 14.5. The van der Waals surface area contributed by atoms with E-state index in [0.717, 1.165) is 42.6 Å². The van der Waals surface area contributed by atoms with Crippen molar-refractivity contribution in [3.8, 4) is 5.75 Å². The molecule has 2 aromatic carbocycles. The lowest BCUT2D eigenvalue weighted by Crippen LogP contribution is -2.45. The summed E-state index contributed by atoms with van der Waals surface area (Å²) in [5.74, 6) is 0.910. The van der Waals surface area contributed by atoms with Crippen LogP contribution in [0.1, 0.15) is 49.8 Å². The summed E-state index contributed by atoms with van der Waals surface area (Å²) in [4.78, 5) is 24.8. The van der Waals surface area contributed by atoms with Crippen LogP contribution in [0.5, 0.6) is 5.75 Å². The van der Waals surface area contributed by atoms with Crippen LogP contribution >= 0.6 is 0 Å². The minimum absolute atomic E-state index is 0.00159. The average Bonchev–Trinajstić information content (AvgIpc) is 2.79. The average molecular weight is 410 g/mol. The summed E-state index contributed by atoms with van der Waals surface area (Å²) in [5.41, 5.74) is 2.12. The smallest absolute Gasteiger partial charge is 0.315 e. The molecule has 0 aliphatic heterocycles. The fraction of sp³-hybridized carbons (Fsp3) is 0.417. The second-order valence-corrected chi connectivity index (χ2v) is 7.86. The molecule has 3 N–H and O–H groups in total. The van der Waals surface area contributed by atoms with Crippen molar-refractivity contribution < 1.29 is 14.3 Å². The molecule has 160 valence electrons. The van der Waals surface area contributed by atoms with Crippen molar-refractivity contribution >= 4 is 11.9 Å². The third-order valence-electron chi connectivity index (χ3n) is 5.70. The zero-order chi connectivity index (χ0) is 21.3. The Hall–Kier alpha value is -3.02. The van der Waals surface area contributed by atoms with Gasteiger partial charge in [-0.05, 0) is 55.9 Å². The van der Waals surface area contributed by atoms with Gasteiger partial charge < -0.3 is 20.7 Å². The van der Waals surface area contributed by atoms with E-state index in [-0.39, 0.29) is 29.9 Å². The summed E-state index contributed by atoms with van der Waals surface area (Å²) in [7, 11) is 1.63. The van der Waals surface area contributed by atoms with Crippen LogP contribution in [0.4, 0.5) is 4.79 Å². The molecule has 3 amide bonds. The number of hydrogen-bond donors (Lipinski definition) is 3. The first-order valence-corrected chi connectivity index (χ1v) is 10.6. The molecule has 0 saturated heterocycles. The fourth-order valence-corrected chi connectivity index (χ4v) is 3.82. The van der Waals surface area contributed by atoms with Crippen molar-refractivity contribution in [1.82, 2.24) is 16.0 Å². The third kappa shape index (κ3) is 6.24. The Bertz CT molecular complexity index is 815. The van der Waals surface area contributed by atoms with Crippen LogP contribution in [0.25, 0.3) is 0 Å². The largest absolute Gasteiger partial charge is 0.497 e. The van der Waals surface area contributed by atoms with Gasteiger partial charge >= 0.3 is 6.03 Å². The van der Waals surface area contributed by atoms with Crippen LogP contribution in [0, 0.1) is 5.92 Å². The Morgan fingerprint density at radius 2 is 1.67 bits per heavy atom. The van der Waals surface area contributed by atoms with Crippen molar-refractivity contribution in [3.63, 3.8) is 0 Å². The maximum absolute atomic E-state index is 12.6. The number of carbonyl (C=O) groups excluding carboxylic acids is 2. The first kappa shape index (κ1) is 21.7. The fourth-order valence-electron chi connectivity index (χ4n) is 3.82. The molecule has 6 heteroatoms. The Labute approximate surface area is 178 Å². The van der Waals surface area contributed by atoms with E-state index in [0.29, 0.717) is 6.54 Å². The summed E-state index contributed by atoms with van der Waals surface area (Å²) in [6.45, 7) is 2.47. The van der Waals surface area contributed by atoms with Crippen LogP contribution in [-0.4, -0.2) is 25.1 Å². The number of rotatable bonds is 7. The summed E-state index contributed by atoms with van der Waals surface area (Å²) >= 11 is 0. The summed E-state index contributed by atoms with van der Waals surface area (Å²) in [5, 5.41) is 9.04. The van der Waals surface area contributed by atoms with Gasteiger partial charge in [-0.1, -0.05) is 42.5 Å². The van der Waals surface area contributed by atoms with Gasteiger partial charge in [0.05, 0.1) is 13.2 Å². The maximum atomic E-state index is 12.6. The number of ether oxygens (including phenoxy) is 1. The van der Waals surface area contributed by atoms with E-state index in [4.69, 9.17) is 4.74 Å². The van der Waals surface area contributed by atoms with Crippen LogP contribution in [0.2, 0.25) is 0 Å². The van der Waals surface area contributed by atoms with Gasteiger partial charge in [0.25, 0.3) is 0 Å². The quantitative estimate of drug-likeness (QED) is 0.648. The lowest BCUT2D eigenvalue weighted by atomic mass is 9.85. The summed E-state index contributed by atoms with van der Waals surface area (Å²) in [6, 6.07) is 17.5. The molecule has 3 rings (SSSR count). The molecule has 2 aromatic rings. The zero-order valence-electron chi connectivity index (χ0n) is 17.7. The summed E-state index contributed by atoms with van der Waals surface area (Å²) < 4.78 is 5.14. The number of hydrogen-bond acceptors (Lipinski definition) is 3. The third-order valence-corrected chi connectivity index (χ3v) is 5.70. The predicted molar refractivity (Wildman–Crippen MR) is 117 cm³/mol. The van der Waals surface area contributed by atoms with Crippen molar-refractivity contribution in [2.24, 2.45) is 5.92 Å². The van der Waals surface area contributed by atoms with Gasteiger partial charge in [0.1, 0.15) is 5.75 Å². The van der Waals surface area contributed by atoms with E-state index in [1.54, 1.807) is 7.11 Å². The van der Waals surface area contributed by atoms with E-state index in [1.807, 2.05) is 61.5 Å². The van der Waals surface area contributed by atoms with E-state index in [2.05, 4.69) is 16.0 Å². The van der Waals surface area contributed by atoms with Gasteiger partial charge in [0, 0.05) is 18.5 Å². The Kier molecular flexibility index (Phi) is 7.71.